The molecular weight excluding hydrogens is 881 g/mol. The molecule has 3 nitrogen and oxygen atoms in total. The normalized spacial score (nSPS) is 11.4. The molecule has 1 aromatic heterocycles. The van der Waals surface area contributed by atoms with Gasteiger partial charge in [-0.2, -0.15) is 0 Å². The van der Waals surface area contributed by atoms with Gasteiger partial charge in [0.15, 0.2) is 0 Å². The number of benzene rings is 12. The molecule has 0 aliphatic heterocycles. The smallest absolute Gasteiger partial charge is 0.0551 e. The van der Waals surface area contributed by atoms with Crippen LogP contribution in [0.25, 0.3) is 121 Å². The topological polar surface area (TPSA) is 53.8 Å². The van der Waals surface area contributed by atoms with Crippen LogP contribution in [0, 0.1) is 0 Å². The van der Waals surface area contributed by atoms with Crippen molar-refractivity contribution in [3.63, 3.8) is 0 Å². The summed E-state index contributed by atoms with van der Waals surface area (Å²) in [5.74, 6) is 0. The first-order valence-corrected chi connectivity index (χ1v) is 24.1. The lowest BCUT2D eigenvalue weighted by atomic mass is 10.0. The number of H-pyrrole nitrogens is 1. The van der Waals surface area contributed by atoms with E-state index in [4.69, 9.17) is 17.3 Å². The van der Waals surface area contributed by atoms with E-state index in [0.717, 1.165) is 22.1 Å². The summed E-state index contributed by atoms with van der Waals surface area (Å²) in [4.78, 5) is 3.66. The number of halogens is 1. The summed E-state index contributed by atoms with van der Waals surface area (Å²) in [5.41, 5.74) is 26.6. The number of anilines is 3. The zero-order chi connectivity index (χ0) is 46.7. The Labute approximate surface area is 419 Å². The van der Waals surface area contributed by atoms with Crippen LogP contribution in [0.2, 0.25) is 5.02 Å². The second-order valence-corrected chi connectivity index (χ2v) is 18.4. The maximum absolute atomic E-state index is 6.34. The Hall–Kier alpha value is -8.83. The molecule has 0 spiro atoms. The number of para-hydroxylation sites is 3. The molecule has 3 aliphatic carbocycles. The lowest BCUT2D eigenvalue weighted by Crippen LogP contribution is -1.92. The van der Waals surface area contributed by atoms with Crippen LogP contribution in [0.15, 0.2) is 243 Å². The third kappa shape index (κ3) is 7.31. The van der Waals surface area contributed by atoms with Crippen molar-refractivity contribution in [3.8, 4) is 66.8 Å². The number of nitrogens with two attached hydrogens (primary N) is 1. The highest BCUT2D eigenvalue weighted by molar-refractivity contribution is 6.36. The molecule has 1 heterocycles. The van der Waals surface area contributed by atoms with Crippen molar-refractivity contribution in [2.75, 3.05) is 11.1 Å². The maximum atomic E-state index is 6.34. The summed E-state index contributed by atoms with van der Waals surface area (Å²) in [6.45, 7) is 0. The van der Waals surface area contributed by atoms with E-state index in [1.54, 1.807) is 0 Å². The van der Waals surface area contributed by atoms with Gasteiger partial charge in [-0.05, 0) is 125 Å². The lowest BCUT2D eigenvalue weighted by molar-refractivity contribution is 1.55. The fourth-order valence-electron chi connectivity index (χ4n) is 11.1. The number of rotatable bonds is 2. The minimum atomic E-state index is 0. The second-order valence-electron chi connectivity index (χ2n) is 18.0. The number of nitrogens with one attached hydrogen (secondary N) is 2. The fraction of sp³-hybridized carbons (Fsp3) is 0. The molecule has 16 rings (SSSR count). The molecule has 0 amide bonds. The molecular formula is C66H44BClN3. The van der Waals surface area contributed by atoms with Gasteiger partial charge in [0.1, 0.15) is 0 Å². The van der Waals surface area contributed by atoms with Crippen molar-refractivity contribution >= 4 is 91.2 Å². The number of hydrogen-bond acceptors (Lipinski definition) is 2. The van der Waals surface area contributed by atoms with E-state index in [1.165, 1.54) is 121 Å². The molecule has 0 atom stereocenters. The monoisotopic (exact) mass is 924 g/mol. The molecule has 4 N–H and O–H groups in total. The molecule has 0 saturated heterocycles. The van der Waals surface area contributed by atoms with Crippen molar-refractivity contribution in [1.29, 1.82) is 0 Å². The predicted octanol–water partition coefficient (Wildman–Crippen LogP) is 18.4. The van der Waals surface area contributed by atoms with Crippen LogP contribution in [-0.2, 0) is 0 Å². The van der Waals surface area contributed by atoms with Crippen molar-refractivity contribution in [2.24, 2.45) is 0 Å². The summed E-state index contributed by atoms with van der Waals surface area (Å²) in [6, 6.07) is 84.8. The van der Waals surface area contributed by atoms with E-state index in [2.05, 4.69) is 204 Å². The van der Waals surface area contributed by atoms with Gasteiger partial charge < -0.3 is 16.0 Å². The average molecular weight is 925 g/mol. The van der Waals surface area contributed by atoms with E-state index in [9.17, 15) is 0 Å². The third-order valence-electron chi connectivity index (χ3n) is 14.0. The SMILES string of the molecule is Clc1cccc2c1-c1cccc3cccc-2c13.Nc1ccccc1.[B].c1cc2c3c(cccc3c1)-c1c-2ccc2c1[nH]c1ccccc12.c1ccc(Nc2cccc3c2-c2cccc4cccc-3c24)cc1. The highest BCUT2D eigenvalue weighted by Crippen LogP contribution is 2.53. The minimum Gasteiger partial charge on any atom is -0.399 e. The van der Waals surface area contributed by atoms with Crippen LogP contribution >= 0.6 is 11.6 Å². The number of hydrogen-bond donors (Lipinski definition) is 3. The van der Waals surface area contributed by atoms with E-state index in [0.29, 0.717) is 0 Å². The minimum absolute atomic E-state index is 0. The van der Waals surface area contributed by atoms with Gasteiger partial charge in [0.05, 0.1) is 5.52 Å². The quantitative estimate of drug-likeness (QED) is 0.120. The van der Waals surface area contributed by atoms with E-state index in [1.807, 2.05) is 48.5 Å². The Morgan fingerprint density at radius 1 is 0.338 bits per heavy atom. The van der Waals surface area contributed by atoms with Crippen molar-refractivity contribution in [1.82, 2.24) is 4.98 Å². The lowest BCUT2D eigenvalue weighted by Gasteiger charge is -2.12. The van der Waals surface area contributed by atoms with Crippen molar-refractivity contribution in [2.45, 2.75) is 0 Å². The van der Waals surface area contributed by atoms with Crippen LogP contribution in [0.4, 0.5) is 17.1 Å². The molecule has 12 aromatic carbocycles. The largest absolute Gasteiger partial charge is 0.399 e. The van der Waals surface area contributed by atoms with E-state index < -0.39 is 0 Å². The average Bonchev–Trinajstić information content (AvgIpc) is 4.16. The number of fused-ring (bicyclic) bond motifs is 13. The summed E-state index contributed by atoms with van der Waals surface area (Å²) in [6.07, 6.45) is 0. The molecule has 0 fully saturated rings. The molecule has 5 heteroatoms. The summed E-state index contributed by atoms with van der Waals surface area (Å²) in [7, 11) is 0. The van der Waals surface area contributed by atoms with Crippen LogP contribution in [0.5, 0.6) is 0 Å². The molecule has 0 unspecified atom stereocenters. The van der Waals surface area contributed by atoms with Gasteiger partial charge in [0, 0.05) is 63.5 Å². The zero-order valence-corrected chi connectivity index (χ0v) is 39.4. The number of aromatic amines is 1. The first kappa shape index (κ1) is 43.5. The van der Waals surface area contributed by atoms with Crippen LogP contribution < -0.4 is 11.1 Å². The molecule has 3 aliphatic rings. The van der Waals surface area contributed by atoms with Crippen molar-refractivity contribution in [3.05, 3.63) is 248 Å². The van der Waals surface area contributed by atoms with E-state index >= 15 is 0 Å². The predicted molar refractivity (Wildman–Crippen MR) is 306 cm³/mol. The standard InChI is InChI=1S/C22H13N.C22H15N.C16H9Cl.C6H7N.B/c1-2-10-19-14(7-1)17-12-11-16-15-8-3-5-13-6-4-9-18(20(13)15)21(16)22(17)23-19;1-2-9-16(10-3-1)23-20-14-6-12-18-17-11-4-7-15-8-5-13-19(21(15)17)22(18)20;17-14-9-3-7-12-11-6-1-4-10-5-2-8-13(15(10)11)16(12)14;7-6-4-2-1-3-5-6;/h1-12,23H;1-14,23H;1-9H;1-5H,7H2;. The Kier molecular flexibility index (Phi) is 11.0. The Morgan fingerprint density at radius 2 is 0.775 bits per heavy atom. The molecule has 0 bridgehead atoms. The van der Waals surface area contributed by atoms with Gasteiger partial charge >= 0.3 is 0 Å². The summed E-state index contributed by atoms with van der Waals surface area (Å²) < 4.78 is 0. The first-order valence-electron chi connectivity index (χ1n) is 23.7. The molecule has 71 heavy (non-hydrogen) atoms. The van der Waals surface area contributed by atoms with Crippen molar-refractivity contribution < 1.29 is 0 Å². The van der Waals surface area contributed by atoms with E-state index in [-0.39, 0.29) is 8.41 Å². The maximum Gasteiger partial charge on any atom is 0.0551 e. The Balaban J connectivity index is 0.000000103. The Morgan fingerprint density at radius 3 is 1.34 bits per heavy atom. The zero-order valence-electron chi connectivity index (χ0n) is 38.6. The second kappa shape index (κ2) is 17.9. The molecule has 0 saturated carbocycles. The molecule has 3 radical (unpaired) electrons. The van der Waals surface area contributed by atoms with Crippen LogP contribution in [0.1, 0.15) is 0 Å². The number of aromatic nitrogens is 1. The van der Waals surface area contributed by atoms with Gasteiger partial charge in [0.2, 0.25) is 0 Å². The highest BCUT2D eigenvalue weighted by Gasteiger charge is 2.26. The molecule has 13 aromatic rings. The number of nitrogen functional groups attached to an aromatic ring is 1. The van der Waals surface area contributed by atoms with Gasteiger partial charge in [-0.25, -0.2) is 0 Å². The molecule has 333 valence electrons. The van der Waals surface area contributed by atoms with Gasteiger partial charge in [0.25, 0.3) is 0 Å². The fourth-order valence-corrected chi connectivity index (χ4v) is 11.3. The third-order valence-corrected chi connectivity index (χ3v) is 14.3. The van der Waals surface area contributed by atoms with Gasteiger partial charge in [-0.1, -0.05) is 212 Å². The van der Waals surface area contributed by atoms with Gasteiger partial charge in [-0.3, -0.25) is 0 Å². The van der Waals surface area contributed by atoms with Crippen LogP contribution in [-0.4, -0.2) is 13.4 Å². The van der Waals surface area contributed by atoms with Crippen LogP contribution in [0.3, 0.4) is 0 Å². The Bertz CT molecular complexity index is 4160. The summed E-state index contributed by atoms with van der Waals surface area (Å²) in [5, 5.41) is 15.0. The van der Waals surface area contributed by atoms with Gasteiger partial charge in [-0.15, -0.1) is 0 Å². The summed E-state index contributed by atoms with van der Waals surface area (Å²) >= 11 is 6.34. The highest BCUT2D eigenvalue weighted by atomic mass is 35.5. The first-order chi connectivity index (χ1) is 34.6.